The number of hydrogen-bond acceptors (Lipinski definition) is 5. The maximum atomic E-state index is 13.1. The molecule has 0 bridgehead atoms. The highest BCUT2D eigenvalue weighted by Crippen LogP contribution is 2.46. The summed E-state index contributed by atoms with van der Waals surface area (Å²) in [5, 5.41) is 5.58. The van der Waals surface area contributed by atoms with E-state index in [1.807, 2.05) is 0 Å². The fourth-order valence-corrected chi connectivity index (χ4v) is 4.87. The van der Waals surface area contributed by atoms with E-state index in [0.29, 0.717) is 35.9 Å². The summed E-state index contributed by atoms with van der Waals surface area (Å²) in [6, 6.07) is 4.44. The van der Waals surface area contributed by atoms with E-state index >= 15 is 0 Å². The number of nitrogens with one attached hydrogen (secondary N) is 2. The first-order valence-corrected chi connectivity index (χ1v) is 9.74. The summed E-state index contributed by atoms with van der Waals surface area (Å²) in [6.07, 6.45) is 2.16. The first kappa shape index (κ1) is 21.0. The minimum Gasteiger partial charge on any atom is -0.497 e. The van der Waals surface area contributed by atoms with Crippen molar-refractivity contribution in [2.45, 2.75) is 45.6 Å². The third-order valence-electron chi connectivity index (χ3n) is 5.56. The molecule has 2 fully saturated rings. The van der Waals surface area contributed by atoms with Crippen LogP contribution in [0.4, 0.5) is 10.5 Å². The molecule has 3 rings (SSSR count). The van der Waals surface area contributed by atoms with Crippen LogP contribution in [-0.4, -0.2) is 49.0 Å². The van der Waals surface area contributed by atoms with Gasteiger partial charge in [-0.1, -0.05) is 20.8 Å². The Bertz CT molecular complexity index is 815. The second-order valence-corrected chi connectivity index (χ2v) is 8.91. The summed E-state index contributed by atoms with van der Waals surface area (Å²) in [5.74, 6) is 0.560. The van der Waals surface area contributed by atoms with Crippen molar-refractivity contribution in [1.82, 2.24) is 10.2 Å². The SMILES string of the molecule is COc1cc(NC(=O)CN2C(=O)N[C@]3(C[C@@H](C)CC(C)(C)C3)C2=O)cc(OC)c1. The molecule has 1 aliphatic carbocycles. The number of urea groups is 1. The fourth-order valence-electron chi connectivity index (χ4n) is 4.87. The Hall–Kier alpha value is -2.77. The zero-order valence-electron chi connectivity index (χ0n) is 17.6. The molecular formula is C21H29N3O5. The quantitative estimate of drug-likeness (QED) is 0.737. The number of methoxy groups -OCH3 is 2. The standard InChI is InChI=1S/C21H29N3O5/c1-13-9-20(2,3)12-21(10-13)18(26)24(19(27)23-21)11-17(25)22-14-6-15(28-4)8-16(7-14)29-5/h6-8,13H,9-12H2,1-5H3,(H,22,25)(H,23,27)/t13-,21-/m0/s1. The van der Waals surface area contributed by atoms with E-state index < -0.39 is 17.5 Å². The van der Waals surface area contributed by atoms with Gasteiger partial charge in [-0.3, -0.25) is 14.5 Å². The molecule has 0 unspecified atom stereocenters. The van der Waals surface area contributed by atoms with Crippen molar-refractivity contribution in [1.29, 1.82) is 0 Å². The predicted molar refractivity (Wildman–Crippen MR) is 108 cm³/mol. The van der Waals surface area contributed by atoms with Gasteiger partial charge in [-0.25, -0.2) is 4.79 Å². The van der Waals surface area contributed by atoms with Crippen molar-refractivity contribution in [2.75, 3.05) is 26.1 Å². The molecule has 1 spiro atoms. The Morgan fingerprint density at radius 1 is 1.17 bits per heavy atom. The lowest BCUT2D eigenvalue weighted by molar-refractivity contribution is -0.136. The maximum Gasteiger partial charge on any atom is 0.325 e. The number of benzene rings is 1. The molecular weight excluding hydrogens is 374 g/mol. The normalized spacial score (nSPS) is 25.7. The molecule has 2 N–H and O–H groups in total. The molecule has 1 aliphatic heterocycles. The molecule has 1 saturated heterocycles. The first-order chi connectivity index (χ1) is 13.6. The number of nitrogens with zero attached hydrogens (tertiary/aromatic N) is 1. The van der Waals surface area contributed by atoms with Crippen LogP contribution in [0.3, 0.4) is 0 Å². The maximum absolute atomic E-state index is 13.1. The van der Waals surface area contributed by atoms with Crippen molar-refractivity contribution in [3.63, 3.8) is 0 Å². The van der Waals surface area contributed by atoms with Gasteiger partial charge in [0.05, 0.1) is 14.2 Å². The topological polar surface area (TPSA) is 97.0 Å². The Labute approximate surface area is 170 Å². The molecule has 8 nitrogen and oxygen atoms in total. The number of carbonyl (C=O) groups is 3. The van der Waals surface area contributed by atoms with E-state index in [0.717, 1.165) is 11.3 Å². The minimum atomic E-state index is -0.919. The van der Waals surface area contributed by atoms with Crippen LogP contribution in [0.1, 0.15) is 40.0 Å². The second kappa shape index (κ2) is 7.57. The van der Waals surface area contributed by atoms with Gasteiger partial charge in [0.2, 0.25) is 5.91 Å². The molecule has 2 aliphatic rings. The van der Waals surface area contributed by atoms with Crippen LogP contribution in [0, 0.1) is 11.3 Å². The van der Waals surface area contributed by atoms with E-state index in [1.54, 1.807) is 18.2 Å². The fraction of sp³-hybridized carbons (Fsp3) is 0.571. The van der Waals surface area contributed by atoms with Crippen LogP contribution < -0.4 is 20.1 Å². The number of ether oxygens (including phenoxy) is 2. The van der Waals surface area contributed by atoms with E-state index in [1.165, 1.54) is 14.2 Å². The zero-order chi connectivity index (χ0) is 21.4. The summed E-state index contributed by atoms with van der Waals surface area (Å²) in [6.45, 7) is 5.96. The van der Waals surface area contributed by atoms with Gasteiger partial charge < -0.3 is 20.1 Å². The number of imide groups is 1. The molecule has 8 heteroatoms. The van der Waals surface area contributed by atoms with Crippen molar-refractivity contribution < 1.29 is 23.9 Å². The smallest absolute Gasteiger partial charge is 0.325 e. The molecule has 1 heterocycles. The van der Waals surface area contributed by atoms with Gasteiger partial charge in [-0.2, -0.15) is 0 Å². The largest absolute Gasteiger partial charge is 0.497 e. The summed E-state index contributed by atoms with van der Waals surface area (Å²) >= 11 is 0. The predicted octanol–water partition coefficient (Wildman–Crippen LogP) is 2.78. The highest BCUT2D eigenvalue weighted by atomic mass is 16.5. The molecule has 158 valence electrons. The van der Waals surface area contributed by atoms with Crippen molar-refractivity contribution in [3.05, 3.63) is 18.2 Å². The average Bonchev–Trinajstić information content (AvgIpc) is 2.82. The third-order valence-corrected chi connectivity index (χ3v) is 5.56. The van der Waals surface area contributed by atoms with Gasteiger partial charge in [0.1, 0.15) is 23.6 Å². The molecule has 0 aromatic heterocycles. The molecule has 1 aromatic carbocycles. The van der Waals surface area contributed by atoms with E-state index in [2.05, 4.69) is 31.4 Å². The Kier molecular flexibility index (Phi) is 5.47. The highest BCUT2D eigenvalue weighted by Gasteiger charge is 2.56. The highest BCUT2D eigenvalue weighted by molar-refractivity contribution is 6.10. The number of anilines is 1. The molecule has 29 heavy (non-hydrogen) atoms. The monoisotopic (exact) mass is 403 g/mol. The van der Waals surface area contributed by atoms with Crippen LogP contribution in [0.2, 0.25) is 0 Å². The van der Waals surface area contributed by atoms with Crippen LogP contribution in [0.15, 0.2) is 18.2 Å². The van der Waals surface area contributed by atoms with Crippen LogP contribution in [0.5, 0.6) is 11.5 Å². The molecule has 1 saturated carbocycles. The second-order valence-electron chi connectivity index (χ2n) is 8.91. The lowest BCUT2D eigenvalue weighted by Gasteiger charge is -2.43. The van der Waals surface area contributed by atoms with Crippen LogP contribution in [-0.2, 0) is 9.59 Å². The van der Waals surface area contributed by atoms with Gasteiger partial charge in [0.25, 0.3) is 5.91 Å². The molecule has 0 radical (unpaired) electrons. The van der Waals surface area contributed by atoms with E-state index in [4.69, 9.17) is 9.47 Å². The van der Waals surface area contributed by atoms with E-state index in [9.17, 15) is 14.4 Å². The minimum absolute atomic E-state index is 0.0595. The Morgan fingerprint density at radius 3 is 2.34 bits per heavy atom. The lowest BCUT2D eigenvalue weighted by atomic mass is 9.64. The van der Waals surface area contributed by atoms with Gasteiger partial charge in [0.15, 0.2) is 0 Å². The summed E-state index contributed by atoms with van der Waals surface area (Å²) in [7, 11) is 3.03. The summed E-state index contributed by atoms with van der Waals surface area (Å²) in [4.78, 5) is 39.2. The number of carbonyl (C=O) groups excluding carboxylic acids is 3. The molecule has 4 amide bonds. The van der Waals surface area contributed by atoms with Crippen molar-refractivity contribution >= 4 is 23.5 Å². The first-order valence-electron chi connectivity index (χ1n) is 9.74. The van der Waals surface area contributed by atoms with Gasteiger partial charge >= 0.3 is 6.03 Å². The van der Waals surface area contributed by atoms with Crippen LogP contribution in [0.25, 0.3) is 0 Å². The Balaban J connectivity index is 1.73. The van der Waals surface area contributed by atoms with Crippen molar-refractivity contribution in [2.24, 2.45) is 11.3 Å². The van der Waals surface area contributed by atoms with E-state index in [-0.39, 0.29) is 17.9 Å². The van der Waals surface area contributed by atoms with Crippen molar-refractivity contribution in [3.8, 4) is 11.5 Å². The van der Waals surface area contributed by atoms with Crippen LogP contribution >= 0.6 is 0 Å². The summed E-state index contributed by atoms with van der Waals surface area (Å²) in [5.41, 5.74) is -0.520. The number of hydrogen-bond donors (Lipinski definition) is 2. The Morgan fingerprint density at radius 2 is 1.79 bits per heavy atom. The van der Waals surface area contributed by atoms with Gasteiger partial charge in [-0.15, -0.1) is 0 Å². The summed E-state index contributed by atoms with van der Waals surface area (Å²) < 4.78 is 10.4. The average molecular weight is 403 g/mol. The van der Waals surface area contributed by atoms with Gasteiger partial charge in [-0.05, 0) is 30.6 Å². The lowest BCUT2D eigenvalue weighted by Crippen LogP contribution is -2.54. The van der Waals surface area contributed by atoms with Gasteiger partial charge in [0, 0.05) is 23.9 Å². The molecule has 2 atom stereocenters. The number of amides is 4. The molecule has 1 aromatic rings. The zero-order valence-corrected chi connectivity index (χ0v) is 17.6. The third kappa shape index (κ3) is 4.31. The number of rotatable bonds is 5.